The molecule has 0 saturated carbocycles. The van der Waals surface area contributed by atoms with Gasteiger partial charge in [0.25, 0.3) is 0 Å². The van der Waals surface area contributed by atoms with Crippen molar-refractivity contribution in [2.24, 2.45) is 0 Å². The van der Waals surface area contributed by atoms with Crippen LogP contribution in [0.3, 0.4) is 0 Å². The Morgan fingerprint density at radius 1 is 1.25 bits per heavy atom. The number of aromatic nitrogens is 1. The second kappa shape index (κ2) is 6.72. The van der Waals surface area contributed by atoms with Crippen molar-refractivity contribution in [1.82, 2.24) is 10.3 Å². The van der Waals surface area contributed by atoms with E-state index in [1.54, 1.807) is 25.6 Å². The van der Waals surface area contributed by atoms with Gasteiger partial charge >= 0.3 is 0 Å². The Morgan fingerprint density at radius 3 is 2.55 bits per heavy atom. The van der Waals surface area contributed by atoms with Gasteiger partial charge in [0.1, 0.15) is 0 Å². The Kier molecular flexibility index (Phi) is 4.98. The fourth-order valence-electron chi connectivity index (χ4n) is 2.17. The number of rotatable bonds is 6. The lowest BCUT2D eigenvalue weighted by molar-refractivity contribution is 0.354. The minimum absolute atomic E-state index is 0.205. The Hall–Kier alpha value is -1.59. The van der Waals surface area contributed by atoms with Crippen molar-refractivity contribution in [2.45, 2.75) is 19.4 Å². The lowest BCUT2D eigenvalue weighted by Gasteiger charge is -2.17. The summed E-state index contributed by atoms with van der Waals surface area (Å²) in [7, 11) is 5.26. The van der Waals surface area contributed by atoms with Gasteiger partial charge in [-0.15, -0.1) is 11.3 Å². The maximum atomic E-state index is 5.36. The lowest BCUT2D eigenvalue weighted by Crippen LogP contribution is -2.19. The highest BCUT2D eigenvalue weighted by atomic mass is 32.1. The zero-order valence-electron chi connectivity index (χ0n) is 12.3. The van der Waals surface area contributed by atoms with Crippen molar-refractivity contribution in [1.29, 1.82) is 0 Å². The number of likely N-dealkylation sites (N-methyl/N-ethyl adjacent to an activating group) is 1. The highest BCUT2D eigenvalue weighted by molar-refractivity contribution is 7.09. The molecule has 5 heteroatoms. The molecule has 0 amide bonds. The highest BCUT2D eigenvalue weighted by Gasteiger charge is 2.14. The highest BCUT2D eigenvalue weighted by Crippen LogP contribution is 2.31. The van der Waals surface area contributed by atoms with Crippen molar-refractivity contribution in [3.8, 4) is 11.5 Å². The second-order valence-electron chi connectivity index (χ2n) is 4.52. The van der Waals surface area contributed by atoms with E-state index in [-0.39, 0.29) is 6.04 Å². The molecule has 0 aliphatic rings. The number of hydrogen-bond acceptors (Lipinski definition) is 5. The minimum Gasteiger partial charge on any atom is -0.493 e. The van der Waals surface area contributed by atoms with Gasteiger partial charge in [-0.05, 0) is 31.7 Å². The Balaban J connectivity index is 2.22. The van der Waals surface area contributed by atoms with Gasteiger partial charge in [-0.3, -0.25) is 0 Å². The minimum atomic E-state index is 0.205. The summed E-state index contributed by atoms with van der Waals surface area (Å²) in [4.78, 5) is 4.52. The van der Waals surface area contributed by atoms with E-state index >= 15 is 0 Å². The van der Waals surface area contributed by atoms with Crippen molar-refractivity contribution in [2.75, 3.05) is 21.3 Å². The van der Waals surface area contributed by atoms with Gasteiger partial charge in [-0.2, -0.15) is 0 Å². The van der Waals surface area contributed by atoms with Gasteiger partial charge in [0, 0.05) is 17.8 Å². The molecule has 1 N–H and O–H groups in total. The summed E-state index contributed by atoms with van der Waals surface area (Å²) in [5, 5.41) is 6.54. The molecule has 4 nitrogen and oxygen atoms in total. The normalized spacial score (nSPS) is 12.2. The van der Waals surface area contributed by atoms with Crippen LogP contribution in [0.2, 0.25) is 0 Å². The number of benzene rings is 1. The Labute approximate surface area is 123 Å². The first-order valence-corrected chi connectivity index (χ1v) is 7.36. The quantitative estimate of drug-likeness (QED) is 0.889. The predicted molar refractivity (Wildman–Crippen MR) is 81.9 cm³/mol. The van der Waals surface area contributed by atoms with Crippen LogP contribution in [0.15, 0.2) is 23.6 Å². The summed E-state index contributed by atoms with van der Waals surface area (Å²) in [6.45, 7) is 2.03. The number of ether oxygens (including phenoxy) is 2. The summed E-state index contributed by atoms with van der Waals surface area (Å²) in [5.74, 6) is 1.50. The van der Waals surface area contributed by atoms with Crippen LogP contribution >= 0.6 is 11.3 Å². The van der Waals surface area contributed by atoms with Crippen molar-refractivity contribution in [3.63, 3.8) is 0 Å². The number of aryl methyl sites for hydroxylation is 1. The van der Waals surface area contributed by atoms with Crippen molar-refractivity contribution < 1.29 is 9.47 Å². The molecule has 1 unspecified atom stereocenters. The molecule has 0 spiro atoms. The Bertz CT molecular complexity index is 569. The number of thiazole rings is 1. The fraction of sp³-hybridized carbons (Fsp3) is 0.400. The van der Waals surface area contributed by atoms with Crippen LogP contribution in [0, 0.1) is 6.92 Å². The molecule has 0 bridgehead atoms. The molecule has 1 heterocycles. The predicted octanol–water partition coefficient (Wildman–Crippen LogP) is 2.97. The van der Waals surface area contributed by atoms with E-state index in [9.17, 15) is 0 Å². The topological polar surface area (TPSA) is 43.4 Å². The molecular formula is C15H20N2O2S. The molecule has 0 aliphatic carbocycles. The molecule has 0 saturated heterocycles. The standard InChI is InChI=1S/C15H20N2O2S/c1-10-17-12(9-20-10)8-13(16-2)11-5-6-14(18-3)15(7-11)19-4/h5-7,9,13,16H,8H2,1-4H3. The van der Waals surface area contributed by atoms with Crippen LogP contribution in [-0.4, -0.2) is 26.3 Å². The van der Waals surface area contributed by atoms with E-state index in [1.807, 2.05) is 26.1 Å². The maximum Gasteiger partial charge on any atom is 0.161 e. The molecule has 108 valence electrons. The van der Waals surface area contributed by atoms with Crippen LogP contribution in [0.1, 0.15) is 22.3 Å². The third-order valence-corrected chi connectivity index (χ3v) is 4.06. The van der Waals surface area contributed by atoms with Crippen LogP contribution in [-0.2, 0) is 6.42 Å². The summed E-state index contributed by atoms with van der Waals surface area (Å²) < 4.78 is 10.6. The number of hydrogen-bond donors (Lipinski definition) is 1. The van der Waals surface area contributed by atoms with E-state index in [0.29, 0.717) is 0 Å². The molecule has 0 fully saturated rings. The van der Waals surface area contributed by atoms with E-state index in [1.165, 1.54) is 0 Å². The SMILES string of the molecule is CNC(Cc1csc(C)n1)c1ccc(OC)c(OC)c1. The molecule has 2 aromatic rings. The van der Waals surface area contributed by atoms with E-state index in [2.05, 4.69) is 21.7 Å². The molecular weight excluding hydrogens is 272 g/mol. The number of nitrogens with one attached hydrogen (secondary N) is 1. The smallest absolute Gasteiger partial charge is 0.161 e. The zero-order chi connectivity index (χ0) is 14.5. The van der Waals surface area contributed by atoms with Gasteiger partial charge in [-0.25, -0.2) is 4.98 Å². The first kappa shape index (κ1) is 14.8. The lowest BCUT2D eigenvalue weighted by atomic mass is 10.0. The van der Waals surface area contributed by atoms with Gasteiger partial charge in [0.2, 0.25) is 0 Å². The first-order valence-electron chi connectivity index (χ1n) is 6.48. The number of methoxy groups -OCH3 is 2. The largest absolute Gasteiger partial charge is 0.493 e. The van der Waals surface area contributed by atoms with Crippen LogP contribution in [0.4, 0.5) is 0 Å². The van der Waals surface area contributed by atoms with E-state index in [0.717, 1.165) is 34.2 Å². The first-order chi connectivity index (χ1) is 9.67. The van der Waals surface area contributed by atoms with Gasteiger partial charge in [0.05, 0.1) is 24.9 Å². The number of nitrogens with zero attached hydrogens (tertiary/aromatic N) is 1. The fourth-order valence-corrected chi connectivity index (χ4v) is 2.79. The average Bonchev–Trinajstić information content (AvgIpc) is 2.89. The van der Waals surface area contributed by atoms with Crippen molar-refractivity contribution in [3.05, 3.63) is 39.8 Å². The van der Waals surface area contributed by atoms with E-state index in [4.69, 9.17) is 9.47 Å². The van der Waals surface area contributed by atoms with Crippen LogP contribution in [0.25, 0.3) is 0 Å². The molecule has 1 aromatic carbocycles. The van der Waals surface area contributed by atoms with E-state index < -0.39 is 0 Å². The second-order valence-corrected chi connectivity index (χ2v) is 5.58. The average molecular weight is 292 g/mol. The summed E-state index contributed by atoms with van der Waals surface area (Å²) in [6, 6.07) is 6.21. The Morgan fingerprint density at radius 2 is 2.00 bits per heavy atom. The third kappa shape index (κ3) is 3.29. The zero-order valence-corrected chi connectivity index (χ0v) is 13.1. The van der Waals surface area contributed by atoms with Crippen LogP contribution < -0.4 is 14.8 Å². The van der Waals surface area contributed by atoms with Gasteiger partial charge in [0.15, 0.2) is 11.5 Å². The van der Waals surface area contributed by atoms with Gasteiger partial charge in [-0.1, -0.05) is 6.07 Å². The molecule has 2 rings (SSSR count). The van der Waals surface area contributed by atoms with Crippen LogP contribution in [0.5, 0.6) is 11.5 Å². The third-order valence-electron chi connectivity index (χ3n) is 3.24. The summed E-state index contributed by atoms with van der Waals surface area (Å²) in [5.41, 5.74) is 2.28. The summed E-state index contributed by atoms with van der Waals surface area (Å²) >= 11 is 1.68. The molecule has 1 atom stereocenters. The maximum absolute atomic E-state index is 5.36. The summed E-state index contributed by atoms with van der Waals surface area (Å²) in [6.07, 6.45) is 0.857. The molecule has 0 radical (unpaired) electrons. The van der Waals surface area contributed by atoms with Gasteiger partial charge < -0.3 is 14.8 Å². The molecule has 1 aromatic heterocycles. The van der Waals surface area contributed by atoms with Crippen molar-refractivity contribution >= 4 is 11.3 Å². The molecule has 20 heavy (non-hydrogen) atoms. The molecule has 0 aliphatic heterocycles. The monoisotopic (exact) mass is 292 g/mol.